The third-order valence-corrected chi connectivity index (χ3v) is 4.79. The highest BCUT2D eigenvalue weighted by Gasteiger charge is 2.28. The van der Waals surface area contributed by atoms with Crippen molar-refractivity contribution in [1.82, 2.24) is 15.5 Å². The number of aliphatic hydroxyl groups is 1. The van der Waals surface area contributed by atoms with Crippen molar-refractivity contribution < 1.29 is 14.7 Å². The molecule has 2 amide bonds. The van der Waals surface area contributed by atoms with Crippen molar-refractivity contribution in [2.24, 2.45) is 11.7 Å². The fraction of sp³-hybridized carbons (Fsp3) is 0.619. The lowest BCUT2D eigenvalue weighted by Gasteiger charge is -2.32. The second-order valence-corrected chi connectivity index (χ2v) is 7.62. The summed E-state index contributed by atoms with van der Waals surface area (Å²) in [4.78, 5) is 25.4. The molecule has 3 atom stereocenters. The molecule has 0 spiro atoms. The van der Waals surface area contributed by atoms with Gasteiger partial charge >= 0.3 is 0 Å². The number of rotatable bonds is 14. The van der Waals surface area contributed by atoms with Gasteiger partial charge in [0.25, 0.3) is 0 Å². The number of nitrogens with zero attached hydrogens (tertiary/aromatic N) is 1. The Bertz CT molecular complexity index is 568. The Labute approximate surface area is 168 Å². The minimum absolute atomic E-state index is 0.0500. The molecule has 7 heteroatoms. The molecule has 7 nitrogen and oxygen atoms in total. The van der Waals surface area contributed by atoms with Gasteiger partial charge in [0.2, 0.25) is 12.3 Å². The van der Waals surface area contributed by atoms with E-state index in [2.05, 4.69) is 10.6 Å². The van der Waals surface area contributed by atoms with Crippen LogP contribution >= 0.6 is 0 Å². The van der Waals surface area contributed by atoms with E-state index >= 15 is 0 Å². The summed E-state index contributed by atoms with van der Waals surface area (Å²) in [6, 6.07) is 9.43. The normalized spacial score (nSPS) is 14.5. The SMILES string of the molecule is CC(C)C(C(=O)N[C@@H](Cc1ccccc1)CC(O)CN)N(C)CCCNC=O. The fourth-order valence-electron chi connectivity index (χ4n) is 3.44. The molecular formula is C21H36N4O3. The lowest BCUT2D eigenvalue weighted by molar-refractivity contribution is -0.128. The number of carbonyl (C=O) groups excluding carboxylic acids is 2. The molecule has 0 saturated heterocycles. The molecule has 0 saturated carbocycles. The Morgan fingerprint density at radius 3 is 2.54 bits per heavy atom. The summed E-state index contributed by atoms with van der Waals surface area (Å²) in [6.07, 6.45) is 1.85. The predicted octanol–water partition coefficient (Wildman–Crippen LogP) is 0.516. The Balaban J connectivity index is 2.78. The Kier molecular flexibility index (Phi) is 11.4. The van der Waals surface area contributed by atoms with Crippen LogP contribution in [0.3, 0.4) is 0 Å². The van der Waals surface area contributed by atoms with Crippen LogP contribution in [0, 0.1) is 5.92 Å². The highest BCUT2D eigenvalue weighted by Crippen LogP contribution is 2.13. The second-order valence-electron chi connectivity index (χ2n) is 7.62. The number of carbonyl (C=O) groups is 2. The molecule has 0 aliphatic heterocycles. The van der Waals surface area contributed by atoms with Crippen LogP contribution in [0.25, 0.3) is 0 Å². The largest absolute Gasteiger partial charge is 0.392 e. The van der Waals surface area contributed by atoms with E-state index in [9.17, 15) is 14.7 Å². The van der Waals surface area contributed by atoms with Gasteiger partial charge in [-0.25, -0.2) is 0 Å². The Morgan fingerprint density at radius 1 is 1.29 bits per heavy atom. The number of benzene rings is 1. The standard InChI is InChI=1S/C21H36N4O3/c1-16(2)20(25(3)11-7-10-23-15-26)21(28)24-18(13-19(27)14-22)12-17-8-5-4-6-9-17/h4-6,8-9,15-16,18-20,27H,7,10-14,22H2,1-3H3,(H,23,26)(H,24,28)/t18-,19?,20?/m0/s1. The van der Waals surface area contributed by atoms with Crippen molar-refractivity contribution in [3.63, 3.8) is 0 Å². The van der Waals surface area contributed by atoms with Gasteiger partial charge in [0.1, 0.15) is 0 Å². The lowest BCUT2D eigenvalue weighted by Crippen LogP contribution is -2.52. The molecule has 5 N–H and O–H groups in total. The van der Waals surface area contributed by atoms with Crippen molar-refractivity contribution in [3.05, 3.63) is 35.9 Å². The van der Waals surface area contributed by atoms with Crippen molar-refractivity contribution in [3.8, 4) is 0 Å². The first-order valence-electron chi connectivity index (χ1n) is 9.98. The van der Waals surface area contributed by atoms with Gasteiger partial charge in [-0.2, -0.15) is 0 Å². The van der Waals surface area contributed by atoms with E-state index < -0.39 is 6.10 Å². The van der Waals surface area contributed by atoms with Crippen LogP contribution in [-0.4, -0.2) is 67.2 Å². The van der Waals surface area contributed by atoms with Crippen LogP contribution in [-0.2, 0) is 16.0 Å². The second kappa shape index (κ2) is 13.3. The number of aliphatic hydroxyl groups excluding tert-OH is 1. The zero-order chi connectivity index (χ0) is 20.9. The fourth-order valence-corrected chi connectivity index (χ4v) is 3.44. The van der Waals surface area contributed by atoms with Gasteiger partial charge < -0.3 is 21.5 Å². The minimum Gasteiger partial charge on any atom is -0.392 e. The first-order chi connectivity index (χ1) is 13.4. The van der Waals surface area contributed by atoms with Crippen LogP contribution in [0.2, 0.25) is 0 Å². The van der Waals surface area contributed by atoms with E-state index in [1.165, 1.54) is 0 Å². The maximum absolute atomic E-state index is 13.0. The van der Waals surface area contributed by atoms with E-state index in [1.54, 1.807) is 0 Å². The quantitative estimate of drug-likeness (QED) is 0.273. The monoisotopic (exact) mass is 392 g/mol. The van der Waals surface area contributed by atoms with Gasteiger partial charge in [0.05, 0.1) is 12.1 Å². The number of hydrogen-bond acceptors (Lipinski definition) is 5. The summed E-state index contributed by atoms with van der Waals surface area (Å²) in [6.45, 7) is 5.49. The van der Waals surface area contributed by atoms with Crippen LogP contribution in [0.4, 0.5) is 0 Å². The molecule has 28 heavy (non-hydrogen) atoms. The first-order valence-corrected chi connectivity index (χ1v) is 9.98. The molecule has 158 valence electrons. The molecule has 1 aromatic rings. The zero-order valence-electron chi connectivity index (χ0n) is 17.3. The van der Waals surface area contributed by atoms with E-state index in [1.807, 2.05) is 56.1 Å². The van der Waals surface area contributed by atoms with Crippen molar-refractivity contribution in [2.75, 3.05) is 26.7 Å². The summed E-state index contributed by atoms with van der Waals surface area (Å²) in [5.74, 6) is 0.0758. The molecule has 1 aromatic carbocycles. The Morgan fingerprint density at radius 2 is 1.96 bits per heavy atom. The first kappa shape index (κ1) is 24.1. The van der Waals surface area contributed by atoms with Crippen LogP contribution < -0.4 is 16.4 Å². The van der Waals surface area contributed by atoms with E-state index in [0.29, 0.717) is 32.3 Å². The molecule has 0 fully saturated rings. The van der Waals surface area contributed by atoms with Gasteiger partial charge in [0, 0.05) is 25.7 Å². The number of nitrogens with one attached hydrogen (secondary N) is 2. The molecular weight excluding hydrogens is 356 g/mol. The molecule has 0 heterocycles. The summed E-state index contributed by atoms with van der Waals surface area (Å²) in [5, 5.41) is 15.8. The average molecular weight is 393 g/mol. The summed E-state index contributed by atoms with van der Waals surface area (Å²) in [5.41, 5.74) is 6.68. The Hall–Kier alpha value is -1.96. The van der Waals surface area contributed by atoms with Crippen molar-refractivity contribution in [2.45, 2.75) is 51.3 Å². The van der Waals surface area contributed by atoms with Crippen LogP contribution in [0.5, 0.6) is 0 Å². The average Bonchev–Trinajstić information content (AvgIpc) is 2.65. The number of hydrogen-bond donors (Lipinski definition) is 4. The molecule has 1 rings (SSSR count). The van der Waals surface area contributed by atoms with Crippen LogP contribution in [0.1, 0.15) is 32.3 Å². The van der Waals surface area contributed by atoms with Gasteiger partial charge in [0.15, 0.2) is 0 Å². The highest BCUT2D eigenvalue weighted by atomic mass is 16.3. The zero-order valence-corrected chi connectivity index (χ0v) is 17.3. The summed E-state index contributed by atoms with van der Waals surface area (Å²) >= 11 is 0. The molecule has 0 aliphatic rings. The van der Waals surface area contributed by atoms with E-state index in [0.717, 1.165) is 12.0 Å². The van der Waals surface area contributed by atoms with Crippen LogP contribution in [0.15, 0.2) is 30.3 Å². The number of likely N-dealkylation sites (N-methyl/N-ethyl adjacent to an activating group) is 1. The molecule has 2 unspecified atom stereocenters. The van der Waals surface area contributed by atoms with Crippen molar-refractivity contribution >= 4 is 12.3 Å². The highest BCUT2D eigenvalue weighted by molar-refractivity contribution is 5.82. The van der Waals surface area contributed by atoms with E-state index in [-0.39, 0.29) is 30.5 Å². The molecule has 0 radical (unpaired) electrons. The van der Waals surface area contributed by atoms with Gasteiger partial charge in [-0.3, -0.25) is 14.5 Å². The molecule has 0 bridgehead atoms. The summed E-state index contributed by atoms with van der Waals surface area (Å²) in [7, 11) is 1.92. The van der Waals surface area contributed by atoms with E-state index in [4.69, 9.17) is 5.73 Å². The molecule has 0 aromatic heterocycles. The maximum atomic E-state index is 13.0. The third-order valence-electron chi connectivity index (χ3n) is 4.79. The number of nitrogens with two attached hydrogens (primary N) is 1. The smallest absolute Gasteiger partial charge is 0.237 e. The summed E-state index contributed by atoms with van der Waals surface area (Å²) < 4.78 is 0. The third kappa shape index (κ3) is 8.82. The maximum Gasteiger partial charge on any atom is 0.237 e. The van der Waals surface area contributed by atoms with Gasteiger partial charge in [-0.05, 0) is 37.8 Å². The lowest BCUT2D eigenvalue weighted by atomic mass is 9.97. The van der Waals surface area contributed by atoms with Gasteiger partial charge in [-0.15, -0.1) is 0 Å². The molecule has 0 aliphatic carbocycles. The minimum atomic E-state index is -0.654. The predicted molar refractivity (Wildman–Crippen MR) is 112 cm³/mol. The topological polar surface area (TPSA) is 108 Å². The number of amides is 2. The van der Waals surface area contributed by atoms with Gasteiger partial charge in [-0.1, -0.05) is 44.2 Å². The van der Waals surface area contributed by atoms with Crippen molar-refractivity contribution in [1.29, 1.82) is 0 Å².